The number of carbonyl (C=O) groups is 4. The lowest BCUT2D eigenvalue weighted by Gasteiger charge is -2.35. The smallest absolute Gasteiger partial charge is 0.253 e. The third-order valence-electron chi connectivity index (χ3n) is 5.41. The molecule has 32 heavy (non-hydrogen) atoms. The first-order valence-electron chi connectivity index (χ1n) is 10.3. The number of carbonyl (C=O) groups excluding carboxylic acids is 4. The first-order valence-corrected chi connectivity index (χ1v) is 10.3. The van der Waals surface area contributed by atoms with Gasteiger partial charge in [0.15, 0.2) is 6.61 Å². The molecule has 4 rings (SSSR count). The van der Waals surface area contributed by atoms with Crippen molar-refractivity contribution in [3.05, 3.63) is 41.5 Å². The number of ether oxygens (including phenoxy) is 1. The van der Waals surface area contributed by atoms with Crippen LogP contribution < -0.4 is 4.74 Å². The van der Waals surface area contributed by atoms with E-state index in [4.69, 9.17) is 9.26 Å². The third-order valence-corrected chi connectivity index (χ3v) is 5.41. The molecule has 168 valence electrons. The van der Waals surface area contributed by atoms with Crippen LogP contribution in [0.25, 0.3) is 0 Å². The Balaban J connectivity index is 1.26. The maximum atomic E-state index is 12.8. The highest BCUT2D eigenvalue weighted by Crippen LogP contribution is 2.17. The zero-order valence-electron chi connectivity index (χ0n) is 17.7. The first kappa shape index (κ1) is 21.5. The average molecular weight is 441 g/mol. The lowest BCUT2D eigenvalue weighted by Crippen LogP contribution is -2.53. The van der Waals surface area contributed by atoms with E-state index in [1.807, 2.05) is 0 Å². The van der Waals surface area contributed by atoms with Crippen LogP contribution in [0.3, 0.4) is 0 Å². The van der Waals surface area contributed by atoms with E-state index >= 15 is 0 Å². The van der Waals surface area contributed by atoms with Crippen molar-refractivity contribution in [2.45, 2.75) is 26.4 Å². The highest BCUT2D eigenvalue weighted by Gasteiger charge is 2.33. The Labute approximate surface area is 183 Å². The monoisotopic (exact) mass is 441 g/mol. The molecule has 0 unspecified atom stereocenters. The van der Waals surface area contributed by atoms with Gasteiger partial charge in [0.25, 0.3) is 5.91 Å². The van der Waals surface area contributed by atoms with E-state index in [9.17, 15) is 19.2 Å². The van der Waals surface area contributed by atoms with Crippen molar-refractivity contribution in [2.75, 3.05) is 32.7 Å². The topological polar surface area (TPSA) is 126 Å². The van der Waals surface area contributed by atoms with E-state index in [-0.39, 0.29) is 49.6 Å². The second-order valence-corrected chi connectivity index (χ2v) is 7.59. The minimum absolute atomic E-state index is 0.137. The van der Waals surface area contributed by atoms with E-state index in [0.29, 0.717) is 49.2 Å². The molecule has 1 aromatic heterocycles. The Hall–Kier alpha value is -3.76. The van der Waals surface area contributed by atoms with Crippen molar-refractivity contribution < 1.29 is 28.4 Å². The number of imide groups is 1. The van der Waals surface area contributed by atoms with Gasteiger partial charge in [-0.2, -0.15) is 4.98 Å². The summed E-state index contributed by atoms with van der Waals surface area (Å²) in [6.45, 7) is 3.09. The van der Waals surface area contributed by atoms with E-state index in [0.717, 1.165) is 4.90 Å². The number of aromatic nitrogens is 2. The highest BCUT2D eigenvalue weighted by atomic mass is 16.5. The number of benzene rings is 1. The van der Waals surface area contributed by atoms with Gasteiger partial charge in [0.1, 0.15) is 12.3 Å². The lowest BCUT2D eigenvalue weighted by atomic mass is 10.1. The molecule has 0 atom stereocenters. The van der Waals surface area contributed by atoms with Gasteiger partial charge in [0.2, 0.25) is 29.4 Å². The van der Waals surface area contributed by atoms with Crippen molar-refractivity contribution in [1.82, 2.24) is 24.8 Å². The van der Waals surface area contributed by atoms with Crippen molar-refractivity contribution >= 4 is 23.6 Å². The summed E-state index contributed by atoms with van der Waals surface area (Å²) in [5.41, 5.74) is 0.515. The Bertz CT molecular complexity index is 1010. The van der Waals surface area contributed by atoms with Crippen LogP contribution in [0.2, 0.25) is 0 Å². The Kier molecular flexibility index (Phi) is 6.15. The summed E-state index contributed by atoms with van der Waals surface area (Å²) >= 11 is 0. The predicted molar refractivity (Wildman–Crippen MR) is 108 cm³/mol. The minimum Gasteiger partial charge on any atom is -0.485 e. The van der Waals surface area contributed by atoms with Crippen LogP contribution in [0.5, 0.6) is 5.75 Å². The fraction of sp³-hybridized carbons (Fsp3) is 0.429. The summed E-state index contributed by atoms with van der Waals surface area (Å²) in [6, 6.07) is 6.76. The fourth-order valence-electron chi connectivity index (χ4n) is 3.62. The molecule has 4 amide bonds. The quantitative estimate of drug-likeness (QED) is 0.590. The molecule has 11 heteroatoms. The summed E-state index contributed by atoms with van der Waals surface area (Å²) in [7, 11) is 0. The molecule has 0 N–H and O–H groups in total. The summed E-state index contributed by atoms with van der Waals surface area (Å²) in [5.74, 6) is 0.443. The van der Waals surface area contributed by atoms with Crippen LogP contribution in [-0.4, -0.2) is 81.2 Å². The molecule has 2 saturated heterocycles. The predicted octanol–water partition coefficient (Wildman–Crippen LogP) is 0.390. The molecule has 0 bridgehead atoms. The van der Waals surface area contributed by atoms with Gasteiger partial charge in [-0.1, -0.05) is 5.16 Å². The normalized spacial score (nSPS) is 16.6. The van der Waals surface area contributed by atoms with Crippen molar-refractivity contribution in [2.24, 2.45) is 0 Å². The van der Waals surface area contributed by atoms with Crippen molar-refractivity contribution in [3.63, 3.8) is 0 Å². The van der Waals surface area contributed by atoms with Gasteiger partial charge < -0.3 is 19.1 Å². The number of likely N-dealkylation sites (tertiary alicyclic amines) is 1. The molecular formula is C21H23N5O6. The maximum absolute atomic E-state index is 12.8. The minimum atomic E-state index is -0.308. The highest BCUT2D eigenvalue weighted by molar-refractivity contribution is 6.04. The molecule has 1 aromatic carbocycles. The zero-order valence-corrected chi connectivity index (χ0v) is 17.7. The van der Waals surface area contributed by atoms with E-state index in [1.165, 1.54) is 0 Å². The molecule has 0 radical (unpaired) electrons. The molecule has 2 fully saturated rings. The third kappa shape index (κ3) is 4.76. The second kappa shape index (κ2) is 9.16. The Morgan fingerprint density at radius 2 is 1.62 bits per heavy atom. The van der Waals surface area contributed by atoms with Gasteiger partial charge in [0, 0.05) is 51.5 Å². The number of hydrogen-bond donors (Lipinski definition) is 0. The van der Waals surface area contributed by atoms with Crippen LogP contribution in [0, 0.1) is 6.92 Å². The summed E-state index contributed by atoms with van der Waals surface area (Å²) < 4.78 is 10.5. The van der Waals surface area contributed by atoms with Crippen LogP contribution in [-0.2, 0) is 21.0 Å². The lowest BCUT2D eigenvalue weighted by molar-refractivity contribution is -0.146. The summed E-state index contributed by atoms with van der Waals surface area (Å²) in [4.78, 5) is 57.0. The van der Waals surface area contributed by atoms with Gasteiger partial charge in [-0.3, -0.25) is 24.1 Å². The van der Waals surface area contributed by atoms with Crippen LogP contribution in [0.1, 0.15) is 34.9 Å². The fourth-order valence-corrected chi connectivity index (χ4v) is 3.62. The van der Waals surface area contributed by atoms with Crippen LogP contribution in [0.4, 0.5) is 0 Å². The molecule has 0 spiro atoms. The van der Waals surface area contributed by atoms with Gasteiger partial charge in [-0.25, -0.2) is 0 Å². The molecular weight excluding hydrogens is 418 g/mol. The second-order valence-electron chi connectivity index (χ2n) is 7.59. The summed E-state index contributed by atoms with van der Waals surface area (Å²) in [6.07, 6.45) is 0.323. The Morgan fingerprint density at radius 1 is 1.00 bits per heavy atom. The van der Waals surface area contributed by atoms with E-state index < -0.39 is 0 Å². The molecule has 11 nitrogen and oxygen atoms in total. The number of amides is 4. The molecule has 2 aromatic rings. The molecule has 2 aliphatic heterocycles. The molecule has 2 aliphatic rings. The van der Waals surface area contributed by atoms with Gasteiger partial charge >= 0.3 is 0 Å². The average Bonchev–Trinajstić information content (AvgIpc) is 3.37. The zero-order chi connectivity index (χ0) is 22.7. The summed E-state index contributed by atoms with van der Waals surface area (Å²) in [5, 5.41) is 3.76. The molecule has 3 heterocycles. The SMILES string of the molecule is Cc1nc(COc2ccc(C(=O)N3CCN(C(=O)CN4C(=O)CCC4=O)CC3)cc2)no1. The van der Waals surface area contributed by atoms with Gasteiger partial charge in [-0.15, -0.1) is 0 Å². The van der Waals surface area contributed by atoms with Gasteiger partial charge in [-0.05, 0) is 24.3 Å². The number of aryl methyl sites for hydroxylation is 1. The van der Waals surface area contributed by atoms with E-state index in [2.05, 4.69) is 10.1 Å². The number of nitrogens with zero attached hydrogens (tertiary/aromatic N) is 5. The number of hydrogen-bond acceptors (Lipinski definition) is 8. The standard InChI is InChI=1S/C21H23N5O6/c1-14-22-17(23-32-14)13-31-16-4-2-15(3-5-16)21(30)25-10-8-24(9-11-25)20(29)12-26-18(27)6-7-19(26)28/h2-5H,6-13H2,1H3. The van der Waals surface area contributed by atoms with Gasteiger partial charge in [0.05, 0.1) is 0 Å². The van der Waals surface area contributed by atoms with E-state index in [1.54, 1.807) is 41.0 Å². The van der Waals surface area contributed by atoms with Crippen molar-refractivity contribution in [1.29, 1.82) is 0 Å². The molecule has 0 aliphatic carbocycles. The first-order chi connectivity index (χ1) is 15.4. The maximum Gasteiger partial charge on any atom is 0.253 e. The Morgan fingerprint density at radius 3 is 2.22 bits per heavy atom. The number of piperazine rings is 1. The largest absolute Gasteiger partial charge is 0.485 e. The number of rotatable bonds is 6. The van der Waals surface area contributed by atoms with Crippen LogP contribution in [0.15, 0.2) is 28.8 Å². The molecule has 0 saturated carbocycles. The van der Waals surface area contributed by atoms with Crippen molar-refractivity contribution in [3.8, 4) is 5.75 Å². The van der Waals surface area contributed by atoms with Crippen LogP contribution >= 0.6 is 0 Å².